The molecular weight excluding hydrogens is 296 g/mol. The van der Waals surface area contributed by atoms with Gasteiger partial charge in [0.05, 0.1) is 11.1 Å². The van der Waals surface area contributed by atoms with Gasteiger partial charge in [0.15, 0.2) is 0 Å². The molecule has 1 unspecified atom stereocenters. The van der Waals surface area contributed by atoms with Crippen LogP contribution in [0.3, 0.4) is 0 Å². The molecule has 2 saturated heterocycles. The van der Waals surface area contributed by atoms with Crippen molar-refractivity contribution in [3.05, 3.63) is 41.7 Å². The summed E-state index contributed by atoms with van der Waals surface area (Å²) in [4.78, 5) is 5.25. The quantitative estimate of drug-likeness (QED) is 0.866. The normalized spacial score (nSPS) is 22.9. The van der Waals surface area contributed by atoms with Gasteiger partial charge in [0, 0.05) is 37.1 Å². The van der Waals surface area contributed by atoms with E-state index in [1.807, 2.05) is 24.4 Å². The Morgan fingerprint density at radius 2 is 1.96 bits per heavy atom. The van der Waals surface area contributed by atoms with Crippen molar-refractivity contribution < 1.29 is 0 Å². The third-order valence-corrected chi connectivity index (χ3v) is 5.66. The van der Waals surface area contributed by atoms with E-state index in [0.29, 0.717) is 6.04 Å². The molecule has 0 radical (unpaired) electrons. The van der Waals surface area contributed by atoms with E-state index in [-0.39, 0.29) is 0 Å². The highest BCUT2D eigenvalue weighted by atomic mass is 15.2. The fourth-order valence-electron chi connectivity index (χ4n) is 4.40. The number of nitriles is 1. The van der Waals surface area contributed by atoms with Crippen LogP contribution in [0.25, 0.3) is 5.52 Å². The van der Waals surface area contributed by atoms with Gasteiger partial charge in [-0.15, -0.1) is 0 Å². The highest BCUT2D eigenvalue weighted by molar-refractivity contribution is 5.65. The van der Waals surface area contributed by atoms with E-state index in [0.717, 1.165) is 24.2 Å². The van der Waals surface area contributed by atoms with Crippen LogP contribution in [0.2, 0.25) is 0 Å². The lowest BCUT2D eigenvalue weighted by Crippen LogP contribution is -2.42. The molecule has 2 aromatic rings. The van der Waals surface area contributed by atoms with Crippen LogP contribution < -0.4 is 0 Å². The van der Waals surface area contributed by atoms with Crippen LogP contribution >= 0.6 is 0 Å². The first-order chi connectivity index (χ1) is 11.8. The Morgan fingerprint density at radius 1 is 1.08 bits per heavy atom. The molecule has 0 amide bonds. The topological polar surface area (TPSA) is 34.7 Å². The van der Waals surface area contributed by atoms with Gasteiger partial charge in [-0.25, -0.2) is 0 Å². The minimum Gasteiger partial charge on any atom is -0.322 e. The average Bonchev–Trinajstić information content (AvgIpc) is 3.20. The minimum atomic E-state index is 0.651. The number of hydrogen-bond acceptors (Lipinski definition) is 3. The lowest BCUT2D eigenvalue weighted by molar-refractivity contribution is 0.149. The summed E-state index contributed by atoms with van der Waals surface area (Å²) in [6.07, 6.45) is 10.9. The smallest absolute Gasteiger partial charge is 0.102 e. The van der Waals surface area contributed by atoms with E-state index in [9.17, 15) is 5.26 Å². The van der Waals surface area contributed by atoms with E-state index in [4.69, 9.17) is 0 Å². The monoisotopic (exact) mass is 322 g/mol. The number of hydrogen-bond donors (Lipinski definition) is 0. The van der Waals surface area contributed by atoms with Gasteiger partial charge in [-0.2, -0.15) is 5.26 Å². The predicted molar refractivity (Wildman–Crippen MR) is 95.8 cm³/mol. The van der Waals surface area contributed by atoms with Gasteiger partial charge in [0.25, 0.3) is 0 Å². The molecule has 0 saturated carbocycles. The van der Waals surface area contributed by atoms with Crippen molar-refractivity contribution in [1.29, 1.82) is 5.26 Å². The van der Waals surface area contributed by atoms with Crippen LogP contribution in [0.5, 0.6) is 0 Å². The Hall–Kier alpha value is -1.83. The first kappa shape index (κ1) is 15.7. The van der Waals surface area contributed by atoms with E-state index >= 15 is 0 Å². The molecule has 4 heteroatoms. The third-order valence-electron chi connectivity index (χ3n) is 5.66. The molecular formula is C20H26N4. The van der Waals surface area contributed by atoms with Crippen LogP contribution in [0.4, 0.5) is 0 Å². The molecule has 0 N–H and O–H groups in total. The second-order valence-corrected chi connectivity index (χ2v) is 7.26. The predicted octanol–water partition coefficient (Wildman–Crippen LogP) is 3.26. The molecule has 4 rings (SSSR count). The van der Waals surface area contributed by atoms with Crippen LogP contribution in [0, 0.1) is 11.3 Å². The molecule has 2 aromatic heterocycles. The zero-order valence-corrected chi connectivity index (χ0v) is 14.3. The Morgan fingerprint density at radius 3 is 2.79 bits per heavy atom. The van der Waals surface area contributed by atoms with Gasteiger partial charge in [-0.05, 0) is 57.5 Å². The molecule has 126 valence electrons. The summed E-state index contributed by atoms with van der Waals surface area (Å²) in [5.41, 5.74) is 3.05. The van der Waals surface area contributed by atoms with Crippen molar-refractivity contribution in [2.24, 2.45) is 0 Å². The largest absolute Gasteiger partial charge is 0.322 e. The van der Waals surface area contributed by atoms with Crippen LogP contribution in [0.1, 0.15) is 43.2 Å². The van der Waals surface area contributed by atoms with E-state index in [2.05, 4.69) is 26.5 Å². The van der Waals surface area contributed by atoms with Crippen molar-refractivity contribution in [2.75, 3.05) is 26.2 Å². The summed E-state index contributed by atoms with van der Waals surface area (Å²) >= 11 is 0. The Bertz CT molecular complexity index is 736. The number of piperidine rings is 1. The lowest BCUT2D eigenvalue weighted by Gasteiger charge is -2.33. The second-order valence-electron chi connectivity index (χ2n) is 7.26. The third kappa shape index (κ3) is 3.07. The number of fused-ring (bicyclic) bond motifs is 1. The highest BCUT2D eigenvalue weighted by Crippen LogP contribution is 2.25. The van der Waals surface area contributed by atoms with E-state index < -0.39 is 0 Å². The molecule has 2 fully saturated rings. The Kier molecular flexibility index (Phi) is 4.55. The number of likely N-dealkylation sites (tertiary alicyclic amines) is 2. The molecule has 2 aliphatic heterocycles. The summed E-state index contributed by atoms with van der Waals surface area (Å²) in [6, 6.07) is 9.15. The van der Waals surface area contributed by atoms with Crippen molar-refractivity contribution in [2.45, 2.75) is 44.7 Å². The first-order valence-electron chi connectivity index (χ1n) is 9.30. The second kappa shape index (κ2) is 6.96. The number of aromatic nitrogens is 1. The van der Waals surface area contributed by atoms with Gasteiger partial charge < -0.3 is 9.30 Å². The number of pyridine rings is 1. The van der Waals surface area contributed by atoms with Gasteiger partial charge in [-0.3, -0.25) is 4.90 Å². The molecule has 4 heterocycles. The molecule has 24 heavy (non-hydrogen) atoms. The van der Waals surface area contributed by atoms with E-state index in [1.165, 1.54) is 57.3 Å². The summed E-state index contributed by atoms with van der Waals surface area (Å²) in [6.45, 7) is 5.81. The number of nitrogens with zero attached hydrogens (tertiary/aromatic N) is 4. The molecule has 1 atom stereocenters. The maximum Gasteiger partial charge on any atom is 0.102 e. The summed E-state index contributed by atoms with van der Waals surface area (Å²) in [5, 5.41) is 9.62. The van der Waals surface area contributed by atoms with Crippen LogP contribution in [0.15, 0.2) is 30.6 Å². The van der Waals surface area contributed by atoms with Gasteiger partial charge in [0.2, 0.25) is 0 Å². The first-order valence-corrected chi connectivity index (χ1v) is 9.30. The fourth-order valence-corrected chi connectivity index (χ4v) is 4.40. The highest BCUT2D eigenvalue weighted by Gasteiger charge is 2.28. The maximum atomic E-state index is 9.62. The van der Waals surface area contributed by atoms with Crippen LogP contribution in [-0.4, -0.2) is 46.4 Å². The molecule has 4 nitrogen and oxygen atoms in total. The summed E-state index contributed by atoms with van der Waals surface area (Å²) < 4.78 is 2.09. The van der Waals surface area contributed by atoms with Crippen molar-refractivity contribution in [1.82, 2.24) is 14.2 Å². The zero-order valence-electron chi connectivity index (χ0n) is 14.3. The minimum absolute atomic E-state index is 0.651. The Balaban J connectivity index is 1.50. The molecule has 0 spiro atoms. The number of rotatable bonds is 4. The zero-order chi connectivity index (χ0) is 16.4. The fraction of sp³-hybridized carbons (Fsp3) is 0.550. The molecule has 0 aromatic carbocycles. The van der Waals surface area contributed by atoms with Crippen molar-refractivity contribution in [3.63, 3.8) is 0 Å². The molecule has 0 bridgehead atoms. The van der Waals surface area contributed by atoms with Gasteiger partial charge >= 0.3 is 0 Å². The van der Waals surface area contributed by atoms with Crippen molar-refractivity contribution >= 4 is 5.52 Å². The Labute approximate surface area is 144 Å². The summed E-state index contributed by atoms with van der Waals surface area (Å²) in [5.74, 6) is 0. The average molecular weight is 322 g/mol. The van der Waals surface area contributed by atoms with Gasteiger partial charge in [0.1, 0.15) is 6.07 Å². The standard InChI is InChI=1S/C20H26N4/c21-13-19-17(15-24-11-5-2-8-20(19)24)14-23-12-6-7-18(23)16-22-9-3-1-4-10-22/h2,5,8,11,15,18H,1,3-4,6-7,9-10,12,14,16H2. The van der Waals surface area contributed by atoms with Crippen molar-refractivity contribution in [3.8, 4) is 6.07 Å². The SMILES string of the molecule is N#Cc1c(CN2CCCC2CN2CCCCC2)cn2ccccc12. The molecule has 2 aliphatic rings. The molecule has 0 aliphatic carbocycles. The maximum absolute atomic E-state index is 9.62. The van der Waals surface area contributed by atoms with E-state index in [1.54, 1.807) is 0 Å². The van der Waals surface area contributed by atoms with Crippen LogP contribution in [-0.2, 0) is 6.54 Å². The van der Waals surface area contributed by atoms with Gasteiger partial charge in [-0.1, -0.05) is 12.5 Å². The summed E-state index contributed by atoms with van der Waals surface area (Å²) in [7, 11) is 0. The lowest BCUT2D eigenvalue weighted by atomic mass is 10.1.